The van der Waals surface area contributed by atoms with Gasteiger partial charge in [0.15, 0.2) is 0 Å². The third-order valence-electron chi connectivity index (χ3n) is 5.84. The molecule has 1 unspecified atom stereocenters. The molecular weight excluding hydrogens is 373 g/mol. The number of anilines is 1. The molecule has 1 aromatic heterocycles. The van der Waals surface area contributed by atoms with Crippen molar-refractivity contribution >= 4 is 28.4 Å². The van der Waals surface area contributed by atoms with Gasteiger partial charge in [-0.1, -0.05) is 6.07 Å². The number of rotatable bonds is 3. The Balaban J connectivity index is 1.44. The van der Waals surface area contributed by atoms with Gasteiger partial charge in [0.1, 0.15) is 11.6 Å². The Morgan fingerprint density at radius 1 is 1.17 bits per heavy atom. The van der Waals surface area contributed by atoms with Gasteiger partial charge in [0.05, 0.1) is 25.3 Å². The Kier molecular flexibility index (Phi) is 4.13. The number of benzene rings is 2. The zero-order chi connectivity index (χ0) is 20.1. The van der Waals surface area contributed by atoms with Gasteiger partial charge in [-0.15, -0.1) is 0 Å². The summed E-state index contributed by atoms with van der Waals surface area (Å²) in [6, 6.07) is 11.1. The normalized spacial score (nSPS) is 19.8. The summed E-state index contributed by atoms with van der Waals surface area (Å²) in [4.78, 5) is 32.4. The maximum Gasteiger partial charge on any atom is 0.251 e. The number of carbonyl (C=O) groups is 2. The molecule has 0 saturated carbocycles. The van der Waals surface area contributed by atoms with Gasteiger partial charge in [0.2, 0.25) is 5.91 Å². The molecule has 0 radical (unpaired) electrons. The number of imide groups is 1. The van der Waals surface area contributed by atoms with Crippen molar-refractivity contribution in [3.05, 3.63) is 59.5 Å². The van der Waals surface area contributed by atoms with Crippen LogP contribution in [-0.2, 0) is 22.6 Å². The molecule has 6 nitrogen and oxygen atoms in total. The van der Waals surface area contributed by atoms with Crippen molar-refractivity contribution in [3.8, 4) is 5.75 Å². The molecule has 1 saturated heterocycles. The Bertz CT molecular complexity index is 1140. The topological polar surface area (TPSA) is 65.6 Å². The minimum absolute atomic E-state index is 0.141. The lowest BCUT2D eigenvalue weighted by Gasteiger charge is -2.31. The number of H-pyrrole nitrogens is 1. The molecule has 148 valence electrons. The van der Waals surface area contributed by atoms with E-state index in [0.717, 1.165) is 28.6 Å². The highest BCUT2D eigenvalue weighted by atomic mass is 19.1. The molecule has 0 bridgehead atoms. The van der Waals surface area contributed by atoms with E-state index in [1.165, 1.54) is 17.0 Å². The number of hydrogen-bond acceptors (Lipinski definition) is 4. The van der Waals surface area contributed by atoms with Crippen LogP contribution in [0.3, 0.4) is 0 Å². The van der Waals surface area contributed by atoms with Gasteiger partial charge in [0.25, 0.3) is 5.91 Å². The SMILES string of the molecule is COc1cccc(N2C(=O)CC(N3CCc4[nH]c5ccc(F)cc5c4C3)C2=O)c1. The maximum atomic E-state index is 13.8. The number of aromatic nitrogens is 1. The summed E-state index contributed by atoms with van der Waals surface area (Å²) in [6.45, 7) is 1.17. The van der Waals surface area contributed by atoms with Crippen LogP contribution < -0.4 is 9.64 Å². The third-order valence-corrected chi connectivity index (χ3v) is 5.84. The van der Waals surface area contributed by atoms with Crippen molar-refractivity contribution < 1.29 is 18.7 Å². The second kappa shape index (κ2) is 6.70. The smallest absolute Gasteiger partial charge is 0.251 e. The van der Waals surface area contributed by atoms with E-state index in [9.17, 15) is 14.0 Å². The van der Waals surface area contributed by atoms with E-state index in [1.807, 2.05) is 4.90 Å². The highest BCUT2D eigenvalue weighted by molar-refractivity contribution is 6.22. The van der Waals surface area contributed by atoms with Gasteiger partial charge in [-0.3, -0.25) is 14.5 Å². The van der Waals surface area contributed by atoms with Crippen molar-refractivity contribution in [2.24, 2.45) is 0 Å². The molecule has 7 heteroatoms. The van der Waals surface area contributed by atoms with Crippen LogP contribution in [-0.4, -0.2) is 41.4 Å². The average Bonchev–Trinajstić information content (AvgIpc) is 3.24. The van der Waals surface area contributed by atoms with Gasteiger partial charge < -0.3 is 9.72 Å². The second-order valence-corrected chi connectivity index (χ2v) is 7.48. The Morgan fingerprint density at radius 3 is 2.86 bits per heavy atom. The van der Waals surface area contributed by atoms with Gasteiger partial charge in [-0.05, 0) is 35.9 Å². The van der Waals surface area contributed by atoms with Crippen LogP contribution in [0.1, 0.15) is 17.7 Å². The Morgan fingerprint density at radius 2 is 2.03 bits per heavy atom. The van der Waals surface area contributed by atoms with Crippen LogP contribution in [0.4, 0.5) is 10.1 Å². The van der Waals surface area contributed by atoms with Crippen LogP contribution in [0.2, 0.25) is 0 Å². The predicted molar refractivity (Wildman–Crippen MR) is 106 cm³/mol. The van der Waals surface area contributed by atoms with Gasteiger partial charge in [-0.2, -0.15) is 0 Å². The molecule has 2 aromatic carbocycles. The van der Waals surface area contributed by atoms with E-state index < -0.39 is 6.04 Å². The van der Waals surface area contributed by atoms with Gasteiger partial charge in [0, 0.05) is 42.2 Å². The van der Waals surface area contributed by atoms with E-state index in [-0.39, 0.29) is 24.1 Å². The first-order valence-electron chi connectivity index (χ1n) is 9.59. The number of amides is 2. The molecule has 3 heterocycles. The van der Waals surface area contributed by atoms with E-state index in [1.54, 1.807) is 37.4 Å². The highest BCUT2D eigenvalue weighted by Crippen LogP contribution is 2.33. The fraction of sp³-hybridized carbons (Fsp3) is 0.273. The fourth-order valence-electron chi connectivity index (χ4n) is 4.40. The number of fused-ring (bicyclic) bond motifs is 3. The number of nitrogens with zero attached hydrogens (tertiary/aromatic N) is 2. The van der Waals surface area contributed by atoms with Crippen molar-refractivity contribution in [1.29, 1.82) is 0 Å². The van der Waals surface area contributed by atoms with Gasteiger partial charge in [-0.25, -0.2) is 9.29 Å². The number of methoxy groups -OCH3 is 1. The molecule has 3 aromatic rings. The van der Waals surface area contributed by atoms with Gasteiger partial charge >= 0.3 is 0 Å². The van der Waals surface area contributed by atoms with Crippen molar-refractivity contribution in [3.63, 3.8) is 0 Å². The Labute approximate surface area is 166 Å². The number of halogens is 1. The first-order valence-corrected chi connectivity index (χ1v) is 9.59. The summed E-state index contributed by atoms with van der Waals surface area (Å²) < 4.78 is 19.0. The molecule has 1 fully saturated rings. The molecule has 0 aliphatic carbocycles. The molecule has 2 aliphatic rings. The third kappa shape index (κ3) is 2.89. The summed E-state index contributed by atoms with van der Waals surface area (Å²) >= 11 is 0. The zero-order valence-electron chi connectivity index (χ0n) is 15.9. The molecule has 1 atom stereocenters. The van der Waals surface area contributed by atoms with Crippen molar-refractivity contribution in [2.45, 2.75) is 25.4 Å². The lowest BCUT2D eigenvalue weighted by molar-refractivity contribution is -0.123. The first kappa shape index (κ1) is 17.9. The number of hydrogen-bond donors (Lipinski definition) is 1. The van der Waals surface area contributed by atoms with E-state index in [4.69, 9.17) is 4.74 Å². The minimum atomic E-state index is -0.514. The van der Waals surface area contributed by atoms with Crippen LogP contribution >= 0.6 is 0 Å². The number of nitrogens with one attached hydrogen (secondary N) is 1. The minimum Gasteiger partial charge on any atom is -0.497 e. The molecule has 2 aliphatic heterocycles. The number of carbonyl (C=O) groups excluding carboxylic acids is 2. The summed E-state index contributed by atoms with van der Waals surface area (Å²) in [6.07, 6.45) is 0.866. The molecule has 29 heavy (non-hydrogen) atoms. The van der Waals surface area contributed by atoms with E-state index >= 15 is 0 Å². The van der Waals surface area contributed by atoms with Crippen LogP contribution in [0.25, 0.3) is 10.9 Å². The van der Waals surface area contributed by atoms with Crippen molar-refractivity contribution in [1.82, 2.24) is 9.88 Å². The lowest BCUT2D eigenvalue weighted by atomic mass is 10.0. The fourth-order valence-corrected chi connectivity index (χ4v) is 4.40. The second-order valence-electron chi connectivity index (χ2n) is 7.48. The lowest BCUT2D eigenvalue weighted by Crippen LogP contribution is -2.44. The first-order chi connectivity index (χ1) is 14.0. The zero-order valence-corrected chi connectivity index (χ0v) is 15.9. The molecule has 0 spiro atoms. The van der Waals surface area contributed by atoms with Crippen molar-refractivity contribution in [2.75, 3.05) is 18.6 Å². The summed E-state index contributed by atoms with van der Waals surface area (Å²) in [5.74, 6) is -0.135. The van der Waals surface area contributed by atoms with E-state index in [0.29, 0.717) is 24.5 Å². The molecule has 5 rings (SSSR count). The average molecular weight is 393 g/mol. The monoisotopic (exact) mass is 393 g/mol. The van der Waals surface area contributed by atoms with E-state index in [2.05, 4.69) is 4.98 Å². The van der Waals surface area contributed by atoms with Crippen LogP contribution in [0.15, 0.2) is 42.5 Å². The summed E-state index contributed by atoms with van der Waals surface area (Å²) in [5, 5.41) is 0.839. The number of aromatic amines is 1. The quantitative estimate of drug-likeness (QED) is 0.695. The summed E-state index contributed by atoms with van der Waals surface area (Å²) in [7, 11) is 1.55. The van der Waals surface area contributed by atoms with Crippen LogP contribution in [0, 0.1) is 5.82 Å². The molecule has 1 N–H and O–H groups in total. The number of ether oxygens (including phenoxy) is 1. The maximum absolute atomic E-state index is 13.8. The standard InChI is InChI=1S/C22H20FN3O3/c1-29-15-4-2-3-14(10-15)26-21(27)11-20(22(26)28)25-8-7-19-17(12-25)16-9-13(23)5-6-18(16)24-19/h2-6,9-10,20,24H,7-8,11-12H2,1H3. The summed E-state index contributed by atoms with van der Waals surface area (Å²) in [5.41, 5.74) is 3.49. The highest BCUT2D eigenvalue weighted by Gasteiger charge is 2.43. The Hall–Kier alpha value is -3.19. The molecular formula is C22H20FN3O3. The predicted octanol–water partition coefficient (Wildman–Crippen LogP) is 3.01. The molecule has 2 amide bonds. The largest absolute Gasteiger partial charge is 0.497 e. The van der Waals surface area contributed by atoms with Crippen LogP contribution in [0.5, 0.6) is 5.75 Å².